The Kier molecular flexibility index (Phi) is 3.90. The van der Waals surface area contributed by atoms with Crippen LogP contribution in [0.25, 0.3) is 0 Å². The van der Waals surface area contributed by atoms with Gasteiger partial charge in [0, 0.05) is 18.4 Å². The predicted molar refractivity (Wildman–Crippen MR) is 90.2 cm³/mol. The van der Waals surface area contributed by atoms with E-state index in [1.807, 2.05) is 11.8 Å². The summed E-state index contributed by atoms with van der Waals surface area (Å²) in [6.07, 6.45) is 4.13. The predicted octanol–water partition coefficient (Wildman–Crippen LogP) is 3.81. The van der Waals surface area contributed by atoms with Gasteiger partial charge in [0.1, 0.15) is 4.88 Å². The van der Waals surface area contributed by atoms with Gasteiger partial charge in [-0.3, -0.25) is 4.79 Å². The summed E-state index contributed by atoms with van der Waals surface area (Å²) in [4.78, 5) is 24.8. The van der Waals surface area contributed by atoms with E-state index >= 15 is 0 Å². The van der Waals surface area contributed by atoms with Crippen molar-refractivity contribution in [2.24, 2.45) is 0 Å². The SMILES string of the molecule is Cc1nc(C(C)C)sc1C(=O)N1CCC[C@@H]1c1noc(C2CC2)n1. The van der Waals surface area contributed by atoms with E-state index < -0.39 is 0 Å². The number of carbonyl (C=O) groups excluding carboxylic acids is 1. The maximum absolute atomic E-state index is 13.1. The van der Waals surface area contributed by atoms with E-state index in [9.17, 15) is 4.79 Å². The molecule has 1 aliphatic carbocycles. The van der Waals surface area contributed by atoms with Gasteiger partial charge in [0.2, 0.25) is 5.89 Å². The van der Waals surface area contributed by atoms with E-state index in [2.05, 4.69) is 29.0 Å². The van der Waals surface area contributed by atoms with E-state index in [1.165, 1.54) is 11.3 Å². The maximum atomic E-state index is 13.1. The van der Waals surface area contributed by atoms with Crippen molar-refractivity contribution in [3.05, 3.63) is 27.3 Å². The van der Waals surface area contributed by atoms with Gasteiger partial charge in [-0.2, -0.15) is 4.98 Å². The molecule has 0 bridgehead atoms. The van der Waals surface area contributed by atoms with Crippen molar-refractivity contribution in [2.45, 2.75) is 64.3 Å². The quantitative estimate of drug-likeness (QED) is 0.841. The average molecular weight is 346 g/mol. The van der Waals surface area contributed by atoms with Crippen LogP contribution >= 0.6 is 11.3 Å². The van der Waals surface area contributed by atoms with Gasteiger partial charge >= 0.3 is 0 Å². The van der Waals surface area contributed by atoms with Crippen LogP contribution < -0.4 is 0 Å². The molecule has 2 aromatic rings. The molecular weight excluding hydrogens is 324 g/mol. The average Bonchev–Trinajstić information content (AvgIpc) is 3.00. The number of carbonyl (C=O) groups is 1. The van der Waals surface area contributed by atoms with Gasteiger partial charge in [-0.15, -0.1) is 11.3 Å². The van der Waals surface area contributed by atoms with Crippen molar-refractivity contribution in [3.8, 4) is 0 Å². The summed E-state index contributed by atoms with van der Waals surface area (Å²) in [5, 5.41) is 5.17. The normalized spacial score (nSPS) is 21.0. The molecule has 0 unspecified atom stereocenters. The van der Waals surface area contributed by atoms with Crippen LogP contribution in [-0.4, -0.2) is 32.5 Å². The number of nitrogens with zero attached hydrogens (tertiary/aromatic N) is 4. The number of aryl methyl sites for hydroxylation is 1. The van der Waals surface area contributed by atoms with Crippen LogP contribution in [0, 0.1) is 6.92 Å². The highest BCUT2D eigenvalue weighted by molar-refractivity contribution is 7.13. The standard InChI is InChI=1S/C17H22N4O2S/c1-9(2)16-18-10(3)13(24-16)17(22)21-8-4-5-12(21)14-19-15(23-20-14)11-6-7-11/h9,11-12H,4-8H2,1-3H3/t12-/m1/s1. The Hall–Kier alpha value is -1.76. The van der Waals surface area contributed by atoms with Crippen molar-refractivity contribution < 1.29 is 9.32 Å². The minimum Gasteiger partial charge on any atom is -0.339 e. The first-order valence-electron chi connectivity index (χ1n) is 8.66. The lowest BCUT2D eigenvalue weighted by Gasteiger charge is -2.21. The van der Waals surface area contributed by atoms with Crippen LogP contribution in [0.3, 0.4) is 0 Å². The largest absolute Gasteiger partial charge is 0.339 e. The van der Waals surface area contributed by atoms with E-state index in [4.69, 9.17) is 4.52 Å². The first kappa shape index (κ1) is 15.7. The molecule has 4 rings (SSSR count). The number of aromatic nitrogens is 3. The van der Waals surface area contributed by atoms with Crippen molar-refractivity contribution in [3.63, 3.8) is 0 Å². The van der Waals surface area contributed by atoms with Crippen LogP contribution in [0.15, 0.2) is 4.52 Å². The van der Waals surface area contributed by atoms with E-state index in [0.29, 0.717) is 17.7 Å². The zero-order valence-electron chi connectivity index (χ0n) is 14.3. The van der Waals surface area contributed by atoms with Crippen LogP contribution in [0.1, 0.15) is 89.5 Å². The van der Waals surface area contributed by atoms with E-state index in [1.54, 1.807) is 0 Å². The summed E-state index contributed by atoms with van der Waals surface area (Å²) in [5.41, 5.74) is 0.825. The van der Waals surface area contributed by atoms with Crippen molar-refractivity contribution in [1.82, 2.24) is 20.0 Å². The lowest BCUT2D eigenvalue weighted by atomic mass is 10.2. The Labute approximate surface area is 145 Å². The number of hydrogen-bond donors (Lipinski definition) is 0. The summed E-state index contributed by atoms with van der Waals surface area (Å²) in [7, 11) is 0. The molecule has 1 saturated heterocycles. The third-order valence-electron chi connectivity index (χ3n) is 4.70. The van der Waals surface area contributed by atoms with E-state index in [-0.39, 0.29) is 11.9 Å². The number of amides is 1. The summed E-state index contributed by atoms with van der Waals surface area (Å²) >= 11 is 1.51. The number of rotatable bonds is 4. The summed E-state index contributed by atoms with van der Waals surface area (Å²) in [5.74, 6) is 2.23. The van der Waals surface area contributed by atoms with Gasteiger partial charge in [-0.1, -0.05) is 19.0 Å². The summed E-state index contributed by atoms with van der Waals surface area (Å²) in [6.45, 7) is 6.86. The molecule has 0 radical (unpaired) electrons. The molecule has 1 saturated carbocycles. The van der Waals surface area contributed by atoms with Crippen LogP contribution in [0.4, 0.5) is 0 Å². The maximum Gasteiger partial charge on any atom is 0.266 e. The Bertz CT molecular complexity index is 762. The number of thiazole rings is 1. The Morgan fingerprint density at radius 1 is 1.29 bits per heavy atom. The van der Waals surface area contributed by atoms with E-state index in [0.717, 1.165) is 53.7 Å². The minimum atomic E-state index is -0.0715. The van der Waals surface area contributed by atoms with Gasteiger partial charge in [0.25, 0.3) is 5.91 Å². The third kappa shape index (κ3) is 2.75. The van der Waals surface area contributed by atoms with Crippen molar-refractivity contribution in [2.75, 3.05) is 6.54 Å². The zero-order valence-corrected chi connectivity index (χ0v) is 15.1. The zero-order chi connectivity index (χ0) is 16.8. The van der Waals surface area contributed by atoms with Gasteiger partial charge in [0.15, 0.2) is 5.82 Å². The van der Waals surface area contributed by atoms with Crippen LogP contribution in [0.5, 0.6) is 0 Å². The molecule has 24 heavy (non-hydrogen) atoms. The highest BCUT2D eigenvalue weighted by Crippen LogP contribution is 2.40. The molecule has 2 aliphatic rings. The fraction of sp³-hybridized carbons (Fsp3) is 0.647. The Morgan fingerprint density at radius 2 is 2.08 bits per heavy atom. The third-order valence-corrected chi connectivity index (χ3v) is 6.14. The van der Waals surface area contributed by atoms with Gasteiger partial charge < -0.3 is 9.42 Å². The molecular formula is C17H22N4O2S. The second kappa shape index (κ2) is 5.95. The Morgan fingerprint density at radius 3 is 2.75 bits per heavy atom. The second-order valence-electron chi connectivity index (χ2n) is 7.04. The highest BCUT2D eigenvalue weighted by atomic mass is 32.1. The molecule has 128 valence electrons. The Balaban J connectivity index is 1.58. The summed E-state index contributed by atoms with van der Waals surface area (Å²) in [6, 6.07) is -0.0715. The molecule has 3 heterocycles. The topological polar surface area (TPSA) is 72.1 Å². The highest BCUT2D eigenvalue weighted by Gasteiger charge is 2.37. The molecule has 7 heteroatoms. The molecule has 6 nitrogen and oxygen atoms in total. The van der Waals surface area contributed by atoms with Crippen molar-refractivity contribution in [1.29, 1.82) is 0 Å². The molecule has 1 amide bonds. The first-order chi connectivity index (χ1) is 11.5. The molecule has 1 atom stereocenters. The molecule has 2 fully saturated rings. The number of likely N-dealkylation sites (tertiary alicyclic amines) is 1. The molecule has 0 aromatic carbocycles. The first-order valence-corrected chi connectivity index (χ1v) is 9.48. The second-order valence-corrected chi connectivity index (χ2v) is 8.07. The minimum absolute atomic E-state index is 0.0529. The van der Waals surface area contributed by atoms with Gasteiger partial charge in [-0.05, 0) is 32.6 Å². The lowest BCUT2D eigenvalue weighted by Crippen LogP contribution is -2.31. The van der Waals surface area contributed by atoms with Crippen molar-refractivity contribution >= 4 is 17.2 Å². The molecule has 1 aliphatic heterocycles. The lowest BCUT2D eigenvalue weighted by molar-refractivity contribution is 0.0732. The van der Waals surface area contributed by atoms with Gasteiger partial charge in [-0.25, -0.2) is 4.98 Å². The fourth-order valence-corrected chi connectivity index (χ4v) is 4.18. The number of hydrogen-bond acceptors (Lipinski definition) is 6. The fourth-order valence-electron chi connectivity index (χ4n) is 3.15. The molecule has 0 N–H and O–H groups in total. The van der Waals surface area contributed by atoms with Crippen LogP contribution in [0.2, 0.25) is 0 Å². The van der Waals surface area contributed by atoms with Crippen LogP contribution in [-0.2, 0) is 0 Å². The summed E-state index contributed by atoms with van der Waals surface area (Å²) < 4.78 is 5.39. The van der Waals surface area contributed by atoms with Gasteiger partial charge in [0.05, 0.1) is 16.7 Å². The molecule has 0 spiro atoms. The monoisotopic (exact) mass is 346 g/mol. The molecule has 2 aromatic heterocycles. The smallest absolute Gasteiger partial charge is 0.266 e.